The molecule has 6 nitrogen and oxygen atoms in total. The maximum atomic E-state index is 10.7. The zero-order chi connectivity index (χ0) is 8.97. The fraction of sp³-hybridized carbons (Fsp3) is 0.500. The van der Waals surface area contributed by atoms with Gasteiger partial charge in [0.05, 0.1) is 6.54 Å². The Kier molecular flexibility index (Phi) is 2.62. The van der Waals surface area contributed by atoms with Crippen LogP contribution in [0.15, 0.2) is 9.21 Å². The summed E-state index contributed by atoms with van der Waals surface area (Å²) in [6, 6.07) is 0. The molecule has 1 heterocycles. The standard InChI is InChI=1S/C6H9N3O3/c1-2-4(10)7-3-5-8-9-6(11)12-5/h2-3H2,1H3,(H,7,10)(H,9,11). The Morgan fingerprint density at radius 3 is 3.00 bits per heavy atom. The molecule has 0 atom stereocenters. The summed E-state index contributed by atoms with van der Waals surface area (Å²) in [5.74, 6) is -0.543. The minimum Gasteiger partial charge on any atom is -0.391 e. The van der Waals surface area contributed by atoms with Crippen LogP contribution in [0.3, 0.4) is 0 Å². The van der Waals surface area contributed by atoms with Gasteiger partial charge >= 0.3 is 5.76 Å². The SMILES string of the molecule is CCC(=O)NCc1n[nH]c(=O)o1. The van der Waals surface area contributed by atoms with E-state index in [-0.39, 0.29) is 18.3 Å². The van der Waals surface area contributed by atoms with Crippen LogP contribution in [0.4, 0.5) is 0 Å². The zero-order valence-electron chi connectivity index (χ0n) is 6.59. The summed E-state index contributed by atoms with van der Waals surface area (Å²) in [5, 5.41) is 8.10. The number of hydrogen-bond acceptors (Lipinski definition) is 4. The van der Waals surface area contributed by atoms with Crippen molar-refractivity contribution in [1.29, 1.82) is 0 Å². The first-order valence-corrected chi connectivity index (χ1v) is 3.53. The van der Waals surface area contributed by atoms with Gasteiger partial charge in [0.15, 0.2) is 0 Å². The van der Waals surface area contributed by atoms with E-state index in [4.69, 9.17) is 0 Å². The minimum absolute atomic E-state index is 0.111. The fourth-order valence-corrected chi connectivity index (χ4v) is 0.635. The third-order valence-electron chi connectivity index (χ3n) is 1.24. The summed E-state index contributed by atoms with van der Waals surface area (Å²) in [4.78, 5) is 21.1. The molecule has 1 rings (SSSR count). The number of amides is 1. The van der Waals surface area contributed by atoms with E-state index in [1.807, 2.05) is 0 Å². The van der Waals surface area contributed by atoms with Crippen LogP contribution >= 0.6 is 0 Å². The van der Waals surface area contributed by atoms with Gasteiger partial charge in [0, 0.05) is 6.42 Å². The molecule has 0 bridgehead atoms. The van der Waals surface area contributed by atoms with Crippen LogP contribution in [0.2, 0.25) is 0 Å². The highest BCUT2D eigenvalue weighted by molar-refractivity contribution is 5.75. The molecule has 2 N–H and O–H groups in total. The monoisotopic (exact) mass is 171 g/mol. The summed E-state index contributed by atoms with van der Waals surface area (Å²) in [7, 11) is 0. The first kappa shape index (κ1) is 8.51. The molecule has 0 aromatic carbocycles. The van der Waals surface area contributed by atoms with Crippen molar-refractivity contribution in [2.45, 2.75) is 19.9 Å². The number of aromatic amines is 1. The van der Waals surface area contributed by atoms with E-state index in [0.717, 1.165) is 0 Å². The second kappa shape index (κ2) is 3.70. The molecule has 0 fully saturated rings. The highest BCUT2D eigenvalue weighted by Crippen LogP contribution is 1.86. The summed E-state index contributed by atoms with van der Waals surface area (Å²) in [6.45, 7) is 1.88. The molecule has 0 spiro atoms. The minimum atomic E-state index is -0.615. The van der Waals surface area contributed by atoms with Crippen molar-refractivity contribution in [3.05, 3.63) is 16.4 Å². The third kappa shape index (κ3) is 2.22. The summed E-state index contributed by atoms with van der Waals surface area (Å²) in [6.07, 6.45) is 0.397. The van der Waals surface area contributed by atoms with Gasteiger partial charge in [0.2, 0.25) is 11.8 Å². The highest BCUT2D eigenvalue weighted by atomic mass is 16.4. The molecular weight excluding hydrogens is 162 g/mol. The molecule has 0 aliphatic heterocycles. The Balaban J connectivity index is 2.43. The summed E-state index contributed by atoms with van der Waals surface area (Å²) < 4.78 is 4.54. The van der Waals surface area contributed by atoms with E-state index >= 15 is 0 Å². The number of hydrogen-bond donors (Lipinski definition) is 2. The normalized spacial score (nSPS) is 9.75. The lowest BCUT2D eigenvalue weighted by Crippen LogP contribution is -2.21. The Morgan fingerprint density at radius 1 is 1.75 bits per heavy atom. The van der Waals surface area contributed by atoms with E-state index in [2.05, 4.69) is 19.9 Å². The molecule has 12 heavy (non-hydrogen) atoms. The molecule has 0 unspecified atom stereocenters. The number of carbonyl (C=O) groups is 1. The predicted molar refractivity (Wildman–Crippen MR) is 39.3 cm³/mol. The Morgan fingerprint density at radius 2 is 2.50 bits per heavy atom. The smallest absolute Gasteiger partial charge is 0.391 e. The Labute approximate surface area is 68.0 Å². The van der Waals surface area contributed by atoms with Crippen LogP contribution in [0.25, 0.3) is 0 Å². The van der Waals surface area contributed by atoms with E-state index in [0.29, 0.717) is 6.42 Å². The Hall–Kier alpha value is -1.59. The summed E-state index contributed by atoms with van der Waals surface area (Å²) >= 11 is 0. The van der Waals surface area contributed by atoms with E-state index in [9.17, 15) is 9.59 Å². The molecule has 0 aliphatic rings. The molecule has 0 saturated heterocycles. The van der Waals surface area contributed by atoms with Gasteiger partial charge in [0.1, 0.15) is 0 Å². The lowest BCUT2D eigenvalue weighted by Gasteiger charge is -1.96. The number of aromatic nitrogens is 2. The lowest BCUT2D eigenvalue weighted by molar-refractivity contribution is -0.121. The van der Waals surface area contributed by atoms with Crippen LogP contribution in [-0.4, -0.2) is 16.1 Å². The van der Waals surface area contributed by atoms with Gasteiger partial charge in [0.25, 0.3) is 0 Å². The van der Waals surface area contributed by atoms with Crippen LogP contribution in [0.5, 0.6) is 0 Å². The maximum Gasteiger partial charge on any atom is 0.434 e. The van der Waals surface area contributed by atoms with Gasteiger partial charge in [-0.25, -0.2) is 9.89 Å². The molecule has 1 amide bonds. The number of rotatable bonds is 3. The van der Waals surface area contributed by atoms with Gasteiger partial charge in [-0.2, -0.15) is 0 Å². The molecule has 66 valence electrons. The number of carbonyl (C=O) groups excluding carboxylic acids is 1. The molecule has 6 heteroatoms. The van der Waals surface area contributed by atoms with Gasteiger partial charge in [-0.3, -0.25) is 4.79 Å². The van der Waals surface area contributed by atoms with Gasteiger partial charge < -0.3 is 9.73 Å². The van der Waals surface area contributed by atoms with Crippen molar-refractivity contribution in [3.63, 3.8) is 0 Å². The van der Waals surface area contributed by atoms with Crippen LogP contribution < -0.4 is 11.1 Å². The van der Waals surface area contributed by atoms with Crippen LogP contribution in [-0.2, 0) is 11.3 Å². The van der Waals surface area contributed by atoms with E-state index in [1.54, 1.807) is 6.92 Å². The average Bonchev–Trinajstić information content (AvgIpc) is 2.47. The van der Waals surface area contributed by atoms with Crippen molar-refractivity contribution in [2.75, 3.05) is 0 Å². The van der Waals surface area contributed by atoms with Crippen molar-refractivity contribution < 1.29 is 9.21 Å². The van der Waals surface area contributed by atoms with Crippen molar-refractivity contribution >= 4 is 5.91 Å². The first-order chi connectivity index (χ1) is 5.72. The summed E-state index contributed by atoms with van der Waals surface area (Å²) in [5.41, 5.74) is 0. The zero-order valence-corrected chi connectivity index (χ0v) is 6.59. The fourth-order valence-electron chi connectivity index (χ4n) is 0.635. The van der Waals surface area contributed by atoms with Crippen LogP contribution in [0, 0.1) is 0 Å². The first-order valence-electron chi connectivity index (χ1n) is 3.53. The van der Waals surface area contributed by atoms with Crippen molar-refractivity contribution in [2.24, 2.45) is 0 Å². The molecule has 0 aliphatic carbocycles. The third-order valence-corrected chi connectivity index (χ3v) is 1.24. The largest absolute Gasteiger partial charge is 0.434 e. The lowest BCUT2D eigenvalue weighted by atomic mass is 10.4. The topological polar surface area (TPSA) is 88.0 Å². The number of nitrogens with one attached hydrogen (secondary N) is 2. The molecule has 1 aromatic heterocycles. The quantitative estimate of drug-likeness (QED) is 0.635. The second-order valence-electron chi connectivity index (χ2n) is 2.14. The molecule has 0 saturated carbocycles. The number of nitrogens with zero attached hydrogens (tertiary/aromatic N) is 1. The predicted octanol–water partition coefficient (Wildman–Crippen LogP) is -0.611. The van der Waals surface area contributed by atoms with E-state index in [1.165, 1.54) is 0 Å². The Bertz CT molecular complexity index is 314. The second-order valence-corrected chi connectivity index (χ2v) is 2.14. The van der Waals surface area contributed by atoms with Gasteiger partial charge in [-0.05, 0) is 0 Å². The van der Waals surface area contributed by atoms with Crippen molar-refractivity contribution in [1.82, 2.24) is 15.5 Å². The molecular formula is C6H9N3O3. The average molecular weight is 171 g/mol. The highest BCUT2D eigenvalue weighted by Gasteiger charge is 2.02. The number of H-pyrrole nitrogens is 1. The molecule has 1 aromatic rings. The molecule has 0 radical (unpaired) electrons. The van der Waals surface area contributed by atoms with E-state index < -0.39 is 5.76 Å². The van der Waals surface area contributed by atoms with Gasteiger partial charge in [-0.15, -0.1) is 5.10 Å². The van der Waals surface area contributed by atoms with Gasteiger partial charge in [-0.1, -0.05) is 6.92 Å². The van der Waals surface area contributed by atoms with Crippen molar-refractivity contribution in [3.8, 4) is 0 Å². The maximum absolute atomic E-state index is 10.7. The van der Waals surface area contributed by atoms with Crippen LogP contribution in [0.1, 0.15) is 19.2 Å².